The molecule has 2 amide bonds. The van der Waals surface area contributed by atoms with E-state index in [0.29, 0.717) is 16.8 Å². The van der Waals surface area contributed by atoms with Crippen LogP contribution in [0.1, 0.15) is 20.7 Å². The molecular formula is C14H8NO2Y-. The molecule has 0 atom stereocenters. The Balaban J connectivity index is 0.00000120. The van der Waals surface area contributed by atoms with Crippen LogP contribution in [0, 0.1) is 6.07 Å². The number of benzene rings is 2. The average molecular weight is 311 g/mol. The van der Waals surface area contributed by atoms with Crippen molar-refractivity contribution in [1.82, 2.24) is 0 Å². The summed E-state index contributed by atoms with van der Waals surface area (Å²) in [7, 11) is 0. The van der Waals surface area contributed by atoms with E-state index >= 15 is 0 Å². The monoisotopic (exact) mass is 311 g/mol. The number of carbonyl (C=O) groups excluding carboxylic acids is 2. The van der Waals surface area contributed by atoms with Crippen LogP contribution in [0.5, 0.6) is 0 Å². The summed E-state index contributed by atoms with van der Waals surface area (Å²) in [5.74, 6) is -0.568. The Kier molecular flexibility index (Phi) is 3.74. The van der Waals surface area contributed by atoms with Gasteiger partial charge in [0, 0.05) is 32.7 Å². The van der Waals surface area contributed by atoms with Crippen molar-refractivity contribution in [3.05, 3.63) is 65.7 Å². The molecule has 18 heavy (non-hydrogen) atoms. The van der Waals surface area contributed by atoms with Gasteiger partial charge in [0.15, 0.2) is 0 Å². The van der Waals surface area contributed by atoms with Crippen molar-refractivity contribution in [2.24, 2.45) is 0 Å². The van der Waals surface area contributed by atoms with Crippen LogP contribution in [0.4, 0.5) is 5.69 Å². The van der Waals surface area contributed by atoms with Crippen LogP contribution in [-0.4, -0.2) is 11.8 Å². The summed E-state index contributed by atoms with van der Waals surface area (Å²) in [6.45, 7) is 0. The molecule has 1 heterocycles. The van der Waals surface area contributed by atoms with Crippen LogP contribution in [-0.2, 0) is 32.7 Å². The summed E-state index contributed by atoms with van der Waals surface area (Å²) in [4.78, 5) is 25.3. The first-order valence-corrected chi connectivity index (χ1v) is 5.23. The van der Waals surface area contributed by atoms with Crippen molar-refractivity contribution >= 4 is 17.5 Å². The molecule has 2 aromatic carbocycles. The maximum atomic E-state index is 12.1. The number of para-hydroxylation sites is 1. The van der Waals surface area contributed by atoms with Gasteiger partial charge < -0.3 is 0 Å². The number of rotatable bonds is 1. The first-order valence-electron chi connectivity index (χ1n) is 5.23. The smallest absolute Gasteiger partial charge is 0.264 e. The van der Waals surface area contributed by atoms with Gasteiger partial charge in [0.05, 0.1) is 11.1 Å². The SMILES string of the molecule is O=C1c2ccccc2C(=O)N1c1[c-]cccc1.[Y]. The van der Waals surface area contributed by atoms with Crippen molar-refractivity contribution in [3.63, 3.8) is 0 Å². The predicted molar refractivity (Wildman–Crippen MR) is 62.9 cm³/mol. The quantitative estimate of drug-likeness (QED) is 0.598. The predicted octanol–water partition coefficient (Wildman–Crippen LogP) is 2.28. The minimum Gasteiger partial charge on any atom is -0.268 e. The summed E-state index contributed by atoms with van der Waals surface area (Å²) in [6.07, 6.45) is 0. The van der Waals surface area contributed by atoms with E-state index in [4.69, 9.17) is 0 Å². The average Bonchev–Trinajstić information content (AvgIpc) is 2.64. The van der Waals surface area contributed by atoms with E-state index in [1.807, 2.05) is 0 Å². The third kappa shape index (κ3) is 1.94. The molecular weight excluding hydrogens is 303 g/mol. The van der Waals surface area contributed by atoms with Crippen LogP contribution < -0.4 is 4.90 Å². The van der Waals surface area contributed by atoms with Crippen LogP contribution in [0.15, 0.2) is 48.5 Å². The zero-order chi connectivity index (χ0) is 11.8. The minimum absolute atomic E-state index is 0. The molecule has 2 aromatic rings. The second-order valence-corrected chi connectivity index (χ2v) is 3.74. The standard InChI is InChI=1S/C14H8NO2.Y/c16-13-11-8-4-5-9-12(11)14(17)15(13)10-6-2-1-3-7-10;/h1-6,8-9H;/q-1;. The van der Waals surface area contributed by atoms with E-state index in [2.05, 4.69) is 6.07 Å². The zero-order valence-corrected chi connectivity index (χ0v) is 12.3. The number of fused-ring (bicyclic) bond motifs is 1. The van der Waals surface area contributed by atoms with Gasteiger partial charge >= 0.3 is 0 Å². The Morgan fingerprint density at radius 1 is 0.833 bits per heavy atom. The number of hydrogen-bond acceptors (Lipinski definition) is 2. The molecule has 85 valence electrons. The van der Waals surface area contributed by atoms with Crippen LogP contribution in [0.25, 0.3) is 0 Å². The molecule has 0 fully saturated rings. The molecule has 4 heteroatoms. The molecule has 0 saturated carbocycles. The number of nitrogens with zero attached hydrogens (tertiary/aromatic N) is 1. The van der Waals surface area contributed by atoms with Gasteiger partial charge in [0.1, 0.15) is 0 Å². The Morgan fingerprint density at radius 3 is 1.89 bits per heavy atom. The number of amides is 2. The van der Waals surface area contributed by atoms with Crippen molar-refractivity contribution in [1.29, 1.82) is 0 Å². The number of imide groups is 1. The van der Waals surface area contributed by atoms with Gasteiger partial charge in [-0.3, -0.25) is 14.5 Å². The van der Waals surface area contributed by atoms with Gasteiger partial charge in [-0.1, -0.05) is 17.8 Å². The molecule has 0 saturated heterocycles. The van der Waals surface area contributed by atoms with E-state index in [-0.39, 0.29) is 44.5 Å². The molecule has 3 rings (SSSR count). The van der Waals surface area contributed by atoms with E-state index in [9.17, 15) is 9.59 Å². The van der Waals surface area contributed by atoms with Crippen molar-refractivity contribution in [3.8, 4) is 0 Å². The largest absolute Gasteiger partial charge is 0.268 e. The first-order chi connectivity index (χ1) is 8.29. The van der Waals surface area contributed by atoms with Gasteiger partial charge in [-0.05, 0) is 12.1 Å². The zero-order valence-electron chi connectivity index (χ0n) is 9.46. The van der Waals surface area contributed by atoms with Crippen LogP contribution in [0.3, 0.4) is 0 Å². The fraction of sp³-hybridized carbons (Fsp3) is 0. The maximum absolute atomic E-state index is 12.1. The second kappa shape index (κ2) is 5.13. The summed E-state index contributed by atoms with van der Waals surface area (Å²) >= 11 is 0. The molecule has 0 bridgehead atoms. The minimum atomic E-state index is -0.284. The fourth-order valence-corrected chi connectivity index (χ4v) is 1.93. The molecule has 1 radical (unpaired) electrons. The van der Waals surface area contributed by atoms with E-state index in [1.165, 1.54) is 0 Å². The molecule has 0 aliphatic carbocycles. The van der Waals surface area contributed by atoms with Gasteiger partial charge in [-0.2, -0.15) is 24.3 Å². The first kappa shape index (κ1) is 13.1. The number of hydrogen-bond donors (Lipinski definition) is 0. The Morgan fingerprint density at radius 2 is 1.39 bits per heavy atom. The van der Waals surface area contributed by atoms with Gasteiger partial charge in [0.2, 0.25) is 0 Å². The third-order valence-electron chi connectivity index (χ3n) is 2.73. The molecule has 1 aliphatic rings. The summed E-state index contributed by atoms with van der Waals surface area (Å²) in [6, 6.07) is 16.7. The molecule has 0 N–H and O–H groups in total. The van der Waals surface area contributed by atoms with E-state index in [0.717, 1.165) is 4.90 Å². The van der Waals surface area contributed by atoms with Gasteiger partial charge in [-0.15, -0.1) is 6.07 Å². The molecule has 3 nitrogen and oxygen atoms in total. The molecule has 0 unspecified atom stereocenters. The topological polar surface area (TPSA) is 37.4 Å². The number of anilines is 1. The van der Waals surface area contributed by atoms with E-state index < -0.39 is 0 Å². The Hall–Kier alpha value is -1.32. The van der Waals surface area contributed by atoms with E-state index in [1.54, 1.807) is 48.5 Å². The normalized spacial score (nSPS) is 13.2. The molecule has 0 spiro atoms. The van der Waals surface area contributed by atoms with Crippen molar-refractivity contribution in [2.45, 2.75) is 0 Å². The molecule has 1 aliphatic heterocycles. The van der Waals surface area contributed by atoms with Gasteiger partial charge in [-0.25, -0.2) is 0 Å². The van der Waals surface area contributed by atoms with Crippen LogP contribution in [0.2, 0.25) is 0 Å². The third-order valence-corrected chi connectivity index (χ3v) is 2.73. The van der Waals surface area contributed by atoms with Gasteiger partial charge in [0.25, 0.3) is 11.8 Å². The second-order valence-electron chi connectivity index (χ2n) is 3.74. The fourth-order valence-electron chi connectivity index (χ4n) is 1.93. The summed E-state index contributed by atoms with van der Waals surface area (Å²) < 4.78 is 0. The summed E-state index contributed by atoms with van der Waals surface area (Å²) in [5, 5.41) is 0. The maximum Gasteiger partial charge on any atom is 0.264 e. The van der Waals surface area contributed by atoms with Crippen molar-refractivity contribution < 1.29 is 42.3 Å². The summed E-state index contributed by atoms with van der Waals surface area (Å²) in [5.41, 5.74) is 1.39. The van der Waals surface area contributed by atoms with Crippen molar-refractivity contribution in [2.75, 3.05) is 4.90 Å². The Labute approximate surface area is 130 Å². The molecule has 0 aromatic heterocycles. The van der Waals surface area contributed by atoms with Crippen LogP contribution >= 0.6 is 0 Å². The Bertz CT molecular complexity index is 575. The number of carbonyl (C=O) groups is 2.